The molecule has 0 radical (unpaired) electrons. The van der Waals surface area contributed by atoms with Crippen LogP contribution < -0.4 is 0 Å². The zero-order valence-electron chi connectivity index (χ0n) is 9.28. The molecule has 1 aromatic rings. The number of hydrogen-bond donors (Lipinski definition) is 0. The molecule has 0 amide bonds. The number of rotatable bonds is 5. The Morgan fingerprint density at radius 2 is 2.31 bits per heavy atom. The molecule has 0 saturated carbocycles. The second kappa shape index (κ2) is 6.20. The third kappa shape index (κ3) is 3.02. The van der Waals surface area contributed by atoms with Crippen LogP contribution in [0.5, 0.6) is 0 Å². The molecule has 86 valence electrons. The van der Waals surface area contributed by atoms with E-state index in [4.69, 9.17) is 4.74 Å². The van der Waals surface area contributed by atoms with Crippen molar-refractivity contribution in [2.24, 2.45) is 4.99 Å². The predicted molar refractivity (Wildman–Crippen MR) is 62.1 cm³/mol. The first-order valence-corrected chi connectivity index (χ1v) is 5.92. The lowest BCUT2D eigenvalue weighted by atomic mass is 10.2. The number of aliphatic imine (C=N–C) groups is 1. The molecule has 0 aliphatic carbocycles. The van der Waals surface area contributed by atoms with E-state index in [1.54, 1.807) is 13.0 Å². The number of carbonyl (C=O) groups excluding carboxylic acids is 2. The summed E-state index contributed by atoms with van der Waals surface area (Å²) in [7, 11) is 0. The van der Waals surface area contributed by atoms with Crippen LogP contribution in [0.15, 0.2) is 11.1 Å². The van der Waals surface area contributed by atoms with Gasteiger partial charge < -0.3 is 4.74 Å². The lowest BCUT2D eigenvalue weighted by Crippen LogP contribution is -2.03. The van der Waals surface area contributed by atoms with E-state index in [0.29, 0.717) is 17.2 Å². The van der Waals surface area contributed by atoms with Crippen molar-refractivity contribution in [2.45, 2.75) is 26.7 Å². The summed E-state index contributed by atoms with van der Waals surface area (Å²) < 4.78 is 4.88. The molecule has 0 aliphatic heterocycles. The van der Waals surface area contributed by atoms with Crippen LogP contribution in [-0.4, -0.2) is 18.7 Å². The van der Waals surface area contributed by atoms with Gasteiger partial charge in [0.15, 0.2) is 0 Å². The quantitative estimate of drug-likeness (QED) is 0.451. The van der Waals surface area contributed by atoms with Gasteiger partial charge in [0, 0.05) is 4.88 Å². The minimum atomic E-state index is -0.435. The van der Waals surface area contributed by atoms with Gasteiger partial charge in [-0.1, -0.05) is 13.3 Å². The van der Waals surface area contributed by atoms with E-state index in [2.05, 4.69) is 4.99 Å². The van der Waals surface area contributed by atoms with Crippen molar-refractivity contribution in [3.63, 3.8) is 0 Å². The average Bonchev–Trinajstić information content (AvgIpc) is 2.63. The summed E-state index contributed by atoms with van der Waals surface area (Å²) in [6.45, 7) is 4.09. The van der Waals surface area contributed by atoms with Gasteiger partial charge >= 0.3 is 5.97 Å². The van der Waals surface area contributed by atoms with Crippen LogP contribution in [0.25, 0.3) is 0 Å². The van der Waals surface area contributed by atoms with Gasteiger partial charge in [-0.05, 0) is 19.4 Å². The van der Waals surface area contributed by atoms with Gasteiger partial charge in [-0.15, -0.1) is 11.3 Å². The molecular formula is C11H13NO3S. The van der Waals surface area contributed by atoms with Gasteiger partial charge in [-0.25, -0.2) is 9.59 Å². The van der Waals surface area contributed by atoms with E-state index in [-0.39, 0.29) is 0 Å². The Hall–Kier alpha value is -1.45. The van der Waals surface area contributed by atoms with Crippen molar-refractivity contribution in [1.82, 2.24) is 0 Å². The fourth-order valence-corrected chi connectivity index (χ4v) is 2.35. The zero-order valence-corrected chi connectivity index (χ0v) is 10.1. The molecule has 4 nitrogen and oxygen atoms in total. The smallest absolute Gasteiger partial charge is 0.341 e. The molecule has 0 saturated heterocycles. The Bertz CT molecular complexity index is 419. The Morgan fingerprint density at radius 3 is 2.88 bits per heavy atom. The fraction of sp³-hybridized carbons (Fsp3) is 0.455. The first-order valence-electron chi connectivity index (χ1n) is 5.10. The third-order valence-corrected chi connectivity index (χ3v) is 2.99. The largest absolute Gasteiger partial charge is 0.462 e. The molecule has 0 atom stereocenters. The van der Waals surface area contributed by atoms with Crippen LogP contribution in [0.2, 0.25) is 0 Å². The molecule has 0 unspecified atom stereocenters. The number of ether oxygens (including phenoxy) is 1. The monoisotopic (exact) mass is 239 g/mol. The topological polar surface area (TPSA) is 55.7 Å². The van der Waals surface area contributed by atoms with Crippen molar-refractivity contribution in [1.29, 1.82) is 0 Å². The molecular weight excluding hydrogens is 226 g/mol. The summed E-state index contributed by atoms with van der Waals surface area (Å²) in [6, 6.07) is 1.74. The highest BCUT2D eigenvalue weighted by molar-refractivity contribution is 7.16. The van der Waals surface area contributed by atoms with Gasteiger partial charge in [0.2, 0.25) is 6.08 Å². The maximum atomic E-state index is 11.6. The Balaban J connectivity index is 3.04. The number of aryl methyl sites for hydroxylation is 1. The van der Waals surface area contributed by atoms with Crippen LogP contribution in [0.3, 0.4) is 0 Å². The Morgan fingerprint density at radius 1 is 1.56 bits per heavy atom. The molecule has 0 N–H and O–H groups in total. The number of hydrogen-bond acceptors (Lipinski definition) is 5. The van der Waals surface area contributed by atoms with Crippen molar-refractivity contribution >= 4 is 28.4 Å². The van der Waals surface area contributed by atoms with Crippen molar-refractivity contribution in [2.75, 3.05) is 6.61 Å². The van der Waals surface area contributed by atoms with E-state index in [1.807, 2.05) is 6.92 Å². The van der Waals surface area contributed by atoms with Gasteiger partial charge in [-0.2, -0.15) is 4.99 Å². The lowest BCUT2D eigenvalue weighted by molar-refractivity contribution is 0.0528. The minimum absolute atomic E-state index is 0.308. The fourth-order valence-electron chi connectivity index (χ4n) is 1.28. The van der Waals surface area contributed by atoms with Crippen LogP contribution in [0, 0.1) is 0 Å². The molecule has 0 bridgehead atoms. The van der Waals surface area contributed by atoms with Gasteiger partial charge in [0.1, 0.15) is 5.00 Å². The number of thiophene rings is 1. The highest BCUT2D eigenvalue weighted by atomic mass is 32.1. The minimum Gasteiger partial charge on any atom is -0.462 e. The maximum Gasteiger partial charge on any atom is 0.341 e. The van der Waals surface area contributed by atoms with Crippen molar-refractivity contribution in [3.8, 4) is 0 Å². The van der Waals surface area contributed by atoms with Crippen LogP contribution >= 0.6 is 11.3 Å². The van der Waals surface area contributed by atoms with Crippen LogP contribution in [0.1, 0.15) is 35.5 Å². The molecule has 5 heteroatoms. The van der Waals surface area contributed by atoms with E-state index < -0.39 is 5.97 Å². The molecule has 16 heavy (non-hydrogen) atoms. The number of carbonyl (C=O) groups is 1. The molecule has 0 aliphatic rings. The van der Waals surface area contributed by atoms with Gasteiger partial charge in [0.05, 0.1) is 12.2 Å². The van der Waals surface area contributed by atoms with Crippen molar-refractivity contribution in [3.05, 3.63) is 16.5 Å². The summed E-state index contributed by atoms with van der Waals surface area (Å²) in [5.41, 5.74) is 0.360. The Labute approximate surface area is 98.0 Å². The standard InChI is InChI=1S/C11H13NO3S/c1-3-5-8-6-9(11(14)15-4-2)10(16-8)12-7-13/h6H,3-5H2,1-2H3. The third-order valence-electron chi connectivity index (χ3n) is 1.90. The second-order valence-corrected chi connectivity index (χ2v) is 4.22. The maximum absolute atomic E-state index is 11.6. The number of nitrogens with zero attached hydrogens (tertiary/aromatic N) is 1. The summed E-state index contributed by atoms with van der Waals surface area (Å²) in [5.74, 6) is -0.435. The zero-order chi connectivity index (χ0) is 12.0. The summed E-state index contributed by atoms with van der Waals surface area (Å²) in [4.78, 5) is 26.3. The van der Waals surface area contributed by atoms with Crippen LogP contribution in [-0.2, 0) is 16.0 Å². The van der Waals surface area contributed by atoms with Crippen LogP contribution in [0.4, 0.5) is 5.00 Å². The van der Waals surface area contributed by atoms with E-state index in [0.717, 1.165) is 17.7 Å². The molecule has 0 fully saturated rings. The summed E-state index contributed by atoms with van der Waals surface area (Å²) >= 11 is 1.33. The number of isocyanates is 1. The molecule has 1 heterocycles. The second-order valence-electron chi connectivity index (χ2n) is 3.11. The first kappa shape index (κ1) is 12.6. The molecule has 0 spiro atoms. The van der Waals surface area contributed by atoms with E-state index >= 15 is 0 Å². The number of esters is 1. The highest BCUT2D eigenvalue weighted by Gasteiger charge is 2.16. The highest BCUT2D eigenvalue weighted by Crippen LogP contribution is 2.31. The van der Waals surface area contributed by atoms with E-state index in [1.165, 1.54) is 17.4 Å². The average molecular weight is 239 g/mol. The van der Waals surface area contributed by atoms with Crippen molar-refractivity contribution < 1.29 is 14.3 Å². The van der Waals surface area contributed by atoms with E-state index in [9.17, 15) is 9.59 Å². The summed E-state index contributed by atoms with van der Waals surface area (Å²) in [5, 5.41) is 0.386. The predicted octanol–water partition coefficient (Wildman–Crippen LogP) is 2.84. The van der Waals surface area contributed by atoms with Gasteiger partial charge in [0.25, 0.3) is 0 Å². The first-order chi connectivity index (χ1) is 7.72. The lowest BCUT2D eigenvalue weighted by Gasteiger charge is -1.98. The van der Waals surface area contributed by atoms with Gasteiger partial charge in [-0.3, -0.25) is 0 Å². The SMILES string of the molecule is CCCc1cc(C(=O)OCC)c(N=C=O)s1. The summed E-state index contributed by atoms with van der Waals surface area (Å²) in [6.07, 6.45) is 3.30. The molecule has 0 aromatic carbocycles. The normalized spacial score (nSPS) is 9.62. The molecule has 1 rings (SSSR count). The molecule has 1 aromatic heterocycles. The Kier molecular flexibility index (Phi) is 4.89.